The molecule has 0 spiro atoms. The van der Waals surface area contributed by atoms with Crippen molar-refractivity contribution in [2.45, 2.75) is 0 Å². The molecule has 9 rings (SSSR count). The number of hydrogen-bond donors (Lipinski definition) is 0. The largest absolute Gasteiger partial charge is 0.252 e. The summed E-state index contributed by atoms with van der Waals surface area (Å²) in [7, 11) is 0. The highest BCUT2D eigenvalue weighted by atomic mass is 14.8. The maximum absolute atomic E-state index is 4.95. The minimum atomic E-state index is 0.877. The molecule has 1 aromatic heterocycles. The normalized spacial score (nSPS) is 11.8. The molecule has 194 valence electrons. The van der Waals surface area contributed by atoms with Crippen LogP contribution in [0.4, 0.5) is 0 Å². The molecule has 0 bridgehead atoms. The minimum Gasteiger partial charge on any atom is -0.252 e. The molecule has 42 heavy (non-hydrogen) atoms. The highest BCUT2D eigenvalue weighted by molar-refractivity contribution is 6.15. The van der Waals surface area contributed by atoms with Crippen LogP contribution in [0.15, 0.2) is 146 Å². The van der Waals surface area contributed by atoms with Crippen LogP contribution in [0.25, 0.3) is 87.1 Å². The zero-order valence-corrected chi connectivity index (χ0v) is 22.8. The highest BCUT2D eigenvalue weighted by Crippen LogP contribution is 2.36. The molecule has 0 amide bonds. The Morgan fingerprint density at radius 3 is 1.14 bits per heavy atom. The third-order valence-corrected chi connectivity index (χ3v) is 8.69. The third kappa shape index (κ3) is 3.52. The van der Waals surface area contributed by atoms with Gasteiger partial charge in [-0.1, -0.05) is 109 Å². The van der Waals surface area contributed by atoms with E-state index < -0.39 is 0 Å². The van der Waals surface area contributed by atoms with E-state index >= 15 is 0 Å². The number of hydrogen-bond acceptors (Lipinski definition) is 2. The molecule has 9 aromatic rings. The second kappa shape index (κ2) is 8.95. The van der Waals surface area contributed by atoms with Crippen molar-refractivity contribution < 1.29 is 0 Å². The van der Waals surface area contributed by atoms with Crippen LogP contribution in [0, 0.1) is 0 Å². The summed E-state index contributed by atoms with van der Waals surface area (Å²) in [5.41, 5.74) is 3.94. The molecule has 1 heterocycles. The molecule has 0 aliphatic carbocycles. The summed E-state index contributed by atoms with van der Waals surface area (Å²) in [5.74, 6) is 0. The van der Waals surface area contributed by atoms with Gasteiger partial charge in [0.1, 0.15) is 0 Å². The van der Waals surface area contributed by atoms with Gasteiger partial charge in [-0.05, 0) is 88.9 Å². The summed E-state index contributed by atoms with van der Waals surface area (Å²) in [4.78, 5) is 9.91. The van der Waals surface area contributed by atoms with Gasteiger partial charge in [0.05, 0.1) is 23.8 Å². The fraction of sp³-hybridized carbons (Fsp3) is 0. The quantitative estimate of drug-likeness (QED) is 0.163. The predicted molar refractivity (Wildman–Crippen MR) is 178 cm³/mol. The number of aromatic nitrogens is 2. The summed E-state index contributed by atoms with van der Waals surface area (Å²) >= 11 is 0. The molecule has 0 N–H and O–H groups in total. The van der Waals surface area contributed by atoms with Crippen molar-refractivity contribution in [1.82, 2.24) is 9.97 Å². The Morgan fingerprint density at radius 2 is 0.667 bits per heavy atom. The zero-order chi connectivity index (χ0) is 27.6. The smallest absolute Gasteiger partial charge is 0.0891 e. The summed E-state index contributed by atoms with van der Waals surface area (Å²) in [6.07, 6.45) is 3.84. The van der Waals surface area contributed by atoms with Gasteiger partial charge < -0.3 is 0 Å². The Balaban J connectivity index is 1.17. The van der Waals surface area contributed by atoms with E-state index in [0.29, 0.717) is 0 Å². The first-order chi connectivity index (χ1) is 20.8. The lowest BCUT2D eigenvalue weighted by atomic mass is 9.95. The van der Waals surface area contributed by atoms with Gasteiger partial charge in [-0.25, -0.2) is 0 Å². The van der Waals surface area contributed by atoms with Crippen LogP contribution in [0.3, 0.4) is 0 Å². The molecule has 0 aliphatic rings. The Hall–Kier alpha value is -5.60. The van der Waals surface area contributed by atoms with Crippen LogP contribution in [0.5, 0.6) is 0 Å². The number of benzene rings is 8. The molecule has 0 radical (unpaired) electrons. The Labute approximate surface area is 242 Å². The monoisotopic (exact) mass is 532 g/mol. The lowest BCUT2D eigenvalue weighted by molar-refractivity contribution is 1.22. The van der Waals surface area contributed by atoms with E-state index in [1.807, 2.05) is 12.4 Å². The Bertz CT molecular complexity index is 2330. The van der Waals surface area contributed by atoms with Gasteiger partial charge in [0.25, 0.3) is 0 Å². The maximum atomic E-state index is 4.95. The first-order valence-corrected chi connectivity index (χ1v) is 14.3. The van der Waals surface area contributed by atoms with Gasteiger partial charge >= 0.3 is 0 Å². The number of rotatable bonds is 2. The molecule has 0 atom stereocenters. The predicted octanol–water partition coefficient (Wildman–Crippen LogP) is 10.7. The number of nitrogens with zero attached hydrogens (tertiary/aromatic N) is 2. The van der Waals surface area contributed by atoms with Crippen LogP contribution in [-0.2, 0) is 0 Å². The maximum Gasteiger partial charge on any atom is 0.0891 e. The molecule has 0 fully saturated rings. The first kappa shape index (κ1) is 23.1. The molecular formula is C40H24N2. The number of fused-ring (bicyclic) bond motifs is 8. The molecule has 8 aromatic carbocycles. The van der Waals surface area contributed by atoms with Crippen molar-refractivity contribution in [2.24, 2.45) is 0 Å². The zero-order valence-electron chi connectivity index (χ0n) is 22.8. The van der Waals surface area contributed by atoms with E-state index in [0.717, 1.165) is 22.5 Å². The van der Waals surface area contributed by atoms with Crippen molar-refractivity contribution in [3.63, 3.8) is 0 Å². The van der Waals surface area contributed by atoms with Crippen LogP contribution < -0.4 is 0 Å². The van der Waals surface area contributed by atoms with Gasteiger partial charge in [0.2, 0.25) is 0 Å². The van der Waals surface area contributed by atoms with E-state index in [1.165, 1.54) is 64.6 Å². The van der Waals surface area contributed by atoms with Crippen LogP contribution >= 0.6 is 0 Å². The fourth-order valence-corrected chi connectivity index (χ4v) is 6.61. The molecule has 2 nitrogen and oxygen atoms in total. The summed E-state index contributed by atoms with van der Waals surface area (Å²) in [6.45, 7) is 0. The third-order valence-electron chi connectivity index (χ3n) is 8.69. The minimum absolute atomic E-state index is 0.877. The van der Waals surface area contributed by atoms with Crippen molar-refractivity contribution in [1.29, 1.82) is 0 Å². The van der Waals surface area contributed by atoms with E-state index in [-0.39, 0.29) is 0 Å². The van der Waals surface area contributed by atoms with E-state index in [1.54, 1.807) is 0 Å². The van der Waals surface area contributed by atoms with Crippen molar-refractivity contribution in [3.05, 3.63) is 146 Å². The van der Waals surface area contributed by atoms with Gasteiger partial charge in [-0.2, -0.15) is 0 Å². The van der Waals surface area contributed by atoms with Gasteiger partial charge in [0.15, 0.2) is 0 Å². The molecule has 0 saturated carbocycles. The lowest BCUT2D eigenvalue weighted by Crippen LogP contribution is -1.92. The SMILES string of the molecule is c1cc(-c2cnc(-c3cccc4cc5c(ccc6ccccc65)cc34)cn2)c2cc3ccc4ccccc4c3cc2c1. The van der Waals surface area contributed by atoms with E-state index in [2.05, 4.69) is 133 Å². The topological polar surface area (TPSA) is 25.8 Å². The van der Waals surface area contributed by atoms with Gasteiger partial charge in [-0.15, -0.1) is 0 Å². The van der Waals surface area contributed by atoms with E-state index in [4.69, 9.17) is 9.97 Å². The summed E-state index contributed by atoms with van der Waals surface area (Å²) in [6, 6.07) is 48.1. The van der Waals surface area contributed by atoms with E-state index in [9.17, 15) is 0 Å². The average Bonchev–Trinajstić information content (AvgIpc) is 3.06. The van der Waals surface area contributed by atoms with Crippen LogP contribution in [-0.4, -0.2) is 9.97 Å². The standard InChI is InChI=1S/C40H24N2/c1-3-11-31-25(7-1)15-17-29-21-37-27(19-35(29)31)9-5-13-33(37)39-23-42-40(24-41-39)34-14-6-10-28-20-36-30(22-38(28)34)18-16-26-8-2-4-12-32(26)36/h1-24H. The van der Waals surface area contributed by atoms with Crippen LogP contribution in [0.1, 0.15) is 0 Å². The van der Waals surface area contributed by atoms with Crippen molar-refractivity contribution in [2.75, 3.05) is 0 Å². The molecule has 2 heteroatoms. The second-order valence-corrected chi connectivity index (χ2v) is 11.1. The summed E-state index contributed by atoms with van der Waals surface area (Å²) < 4.78 is 0. The fourth-order valence-electron chi connectivity index (χ4n) is 6.61. The molecular weight excluding hydrogens is 508 g/mol. The Kier molecular flexibility index (Phi) is 4.93. The summed E-state index contributed by atoms with van der Waals surface area (Å²) in [5, 5.41) is 14.9. The highest BCUT2D eigenvalue weighted by Gasteiger charge is 2.12. The van der Waals surface area contributed by atoms with Crippen molar-refractivity contribution in [3.8, 4) is 22.5 Å². The Morgan fingerprint density at radius 1 is 0.286 bits per heavy atom. The first-order valence-electron chi connectivity index (χ1n) is 14.3. The molecule has 0 aliphatic heterocycles. The second-order valence-electron chi connectivity index (χ2n) is 11.1. The molecule has 0 unspecified atom stereocenters. The molecule has 0 saturated heterocycles. The van der Waals surface area contributed by atoms with Gasteiger partial charge in [0, 0.05) is 11.1 Å². The van der Waals surface area contributed by atoms with Crippen molar-refractivity contribution >= 4 is 64.6 Å². The lowest BCUT2D eigenvalue weighted by Gasteiger charge is -2.12. The average molecular weight is 533 g/mol. The van der Waals surface area contributed by atoms with Gasteiger partial charge in [-0.3, -0.25) is 9.97 Å². The van der Waals surface area contributed by atoms with Crippen LogP contribution in [0.2, 0.25) is 0 Å².